The van der Waals surface area contributed by atoms with E-state index in [1.165, 1.54) is 40.6 Å². The lowest BCUT2D eigenvalue weighted by atomic mass is 9.98. The number of aliphatic hydroxyl groups excluding tert-OH is 3. The Morgan fingerprint density at radius 2 is 1.27 bits per heavy atom. The van der Waals surface area contributed by atoms with Crippen LogP contribution in [-0.4, -0.2) is 61.9 Å². The molecule has 2 aromatic rings. The summed E-state index contributed by atoms with van der Waals surface area (Å²) in [6.45, 7) is -0.483. The normalized spacial score (nSPS) is 12.6. The van der Waals surface area contributed by atoms with Crippen molar-refractivity contribution in [3.8, 4) is 28.7 Å². The van der Waals surface area contributed by atoms with Crippen molar-refractivity contribution in [3.05, 3.63) is 45.5 Å². The van der Waals surface area contributed by atoms with E-state index in [-0.39, 0.29) is 43.1 Å². The van der Waals surface area contributed by atoms with Gasteiger partial charge in [0.1, 0.15) is 6.61 Å². The Morgan fingerprint density at radius 1 is 0.818 bits per heavy atom. The minimum atomic E-state index is -1.12. The van der Waals surface area contributed by atoms with E-state index < -0.39 is 22.8 Å². The Morgan fingerprint density at radius 3 is 1.67 bits per heavy atom. The maximum Gasteiger partial charge on any atom is 0.315 e. The summed E-state index contributed by atoms with van der Waals surface area (Å²) in [7, 11) is 5.71. The Hall–Kier alpha value is -3.28. The van der Waals surface area contributed by atoms with Gasteiger partial charge in [0.25, 0.3) is 0 Å². The smallest absolute Gasteiger partial charge is 0.315 e. The summed E-state index contributed by atoms with van der Waals surface area (Å²) in [6, 6.07) is 5.83. The van der Waals surface area contributed by atoms with E-state index in [0.29, 0.717) is 22.8 Å². The molecule has 0 aliphatic carbocycles. The minimum absolute atomic E-state index is 0.0527. The number of methoxy groups -OCH3 is 4. The molecule has 2 unspecified atom stereocenters. The molecule has 0 saturated carbocycles. The summed E-state index contributed by atoms with van der Waals surface area (Å²) < 4.78 is 26.3. The predicted octanol–water partition coefficient (Wildman–Crippen LogP) is 2.55. The number of ether oxygens (including phenoxy) is 5. The van der Waals surface area contributed by atoms with Gasteiger partial charge >= 0.3 is 5.69 Å². The Kier molecular flexibility index (Phi) is 9.52. The van der Waals surface area contributed by atoms with Crippen molar-refractivity contribution in [2.24, 2.45) is 0 Å². The summed E-state index contributed by atoms with van der Waals surface area (Å²) in [6.07, 6.45) is -1.87. The zero-order valence-corrected chi connectivity index (χ0v) is 18.9. The Labute approximate surface area is 191 Å². The molecule has 0 bridgehead atoms. The number of nitro groups is 1. The minimum Gasteiger partial charge on any atom is -0.493 e. The molecule has 0 radical (unpaired) electrons. The summed E-state index contributed by atoms with van der Waals surface area (Å²) in [5.41, 5.74) is 0.321. The second kappa shape index (κ2) is 12.1. The van der Waals surface area contributed by atoms with E-state index >= 15 is 0 Å². The number of nitrogens with zero attached hydrogens (tertiary/aromatic N) is 1. The van der Waals surface area contributed by atoms with Gasteiger partial charge in [-0.25, -0.2) is 0 Å². The molecule has 0 aliphatic rings. The Bertz CT molecular complexity index is 924. The third kappa shape index (κ3) is 6.15. The number of aliphatic hydroxyl groups is 3. The molecular formula is C22H29NO10. The van der Waals surface area contributed by atoms with Gasteiger partial charge in [0.05, 0.1) is 52.2 Å². The molecule has 2 aromatic carbocycles. The quantitative estimate of drug-likeness (QED) is 0.296. The zero-order chi connectivity index (χ0) is 24.5. The highest BCUT2D eigenvalue weighted by molar-refractivity contribution is 5.58. The molecule has 0 fully saturated rings. The van der Waals surface area contributed by atoms with Crippen molar-refractivity contribution in [1.29, 1.82) is 0 Å². The van der Waals surface area contributed by atoms with Crippen LogP contribution in [0.5, 0.6) is 28.7 Å². The van der Waals surface area contributed by atoms with E-state index in [1.807, 2.05) is 0 Å². The largest absolute Gasteiger partial charge is 0.493 e. The van der Waals surface area contributed by atoms with Crippen LogP contribution in [0.15, 0.2) is 24.3 Å². The summed E-state index contributed by atoms with van der Waals surface area (Å²) in [4.78, 5) is 10.8. The Balaban J connectivity index is 2.24. The van der Waals surface area contributed by atoms with Gasteiger partial charge in [0.15, 0.2) is 17.2 Å². The van der Waals surface area contributed by atoms with Crippen LogP contribution < -0.4 is 23.7 Å². The first kappa shape index (κ1) is 26.0. The van der Waals surface area contributed by atoms with Crippen molar-refractivity contribution < 1.29 is 43.9 Å². The third-order valence-corrected chi connectivity index (χ3v) is 4.98. The van der Waals surface area contributed by atoms with Crippen LogP contribution in [0.3, 0.4) is 0 Å². The van der Waals surface area contributed by atoms with Crippen LogP contribution in [0.25, 0.3) is 0 Å². The average molecular weight is 467 g/mol. The molecule has 3 N–H and O–H groups in total. The number of rotatable bonds is 13. The maximum absolute atomic E-state index is 11.5. The number of nitro benzene ring substituents is 1. The van der Waals surface area contributed by atoms with E-state index in [4.69, 9.17) is 28.8 Å². The first-order chi connectivity index (χ1) is 15.8. The van der Waals surface area contributed by atoms with Gasteiger partial charge in [-0.2, -0.15) is 0 Å². The maximum atomic E-state index is 11.5. The molecule has 33 heavy (non-hydrogen) atoms. The predicted molar refractivity (Wildman–Crippen MR) is 117 cm³/mol. The monoisotopic (exact) mass is 467 g/mol. The fourth-order valence-electron chi connectivity index (χ4n) is 3.32. The fourth-order valence-corrected chi connectivity index (χ4v) is 3.32. The average Bonchev–Trinajstić information content (AvgIpc) is 2.83. The van der Waals surface area contributed by atoms with Crippen LogP contribution in [0.2, 0.25) is 0 Å². The van der Waals surface area contributed by atoms with Gasteiger partial charge < -0.3 is 39.0 Å². The van der Waals surface area contributed by atoms with Crippen LogP contribution in [-0.2, 0) is 0 Å². The van der Waals surface area contributed by atoms with Gasteiger partial charge in [0.2, 0.25) is 11.5 Å². The SMILES string of the molecule is COc1cc(C(O)CCC(O)c2cc(OC)c(OCCO)c([N+](=O)[O-])c2)cc(OC)c1OC. The lowest BCUT2D eigenvalue weighted by Crippen LogP contribution is -2.08. The van der Waals surface area contributed by atoms with Crippen LogP contribution in [0.4, 0.5) is 5.69 Å². The lowest BCUT2D eigenvalue weighted by molar-refractivity contribution is -0.386. The molecule has 0 aliphatic heterocycles. The van der Waals surface area contributed by atoms with E-state index in [9.17, 15) is 20.3 Å². The second-order valence-electron chi connectivity index (χ2n) is 6.97. The molecular weight excluding hydrogens is 438 g/mol. The molecule has 0 amide bonds. The van der Waals surface area contributed by atoms with Crippen LogP contribution >= 0.6 is 0 Å². The van der Waals surface area contributed by atoms with Gasteiger partial charge in [-0.1, -0.05) is 0 Å². The van der Waals surface area contributed by atoms with Crippen molar-refractivity contribution in [1.82, 2.24) is 0 Å². The highest BCUT2D eigenvalue weighted by Crippen LogP contribution is 2.42. The highest BCUT2D eigenvalue weighted by atomic mass is 16.6. The van der Waals surface area contributed by atoms with Crippen LogP contribution in [0, 0.1) is 10.1 Å². The third-order valence-electron chi connectivity index (χ3n) is 4.98. The fraction of sp³-hybridized carbons (Fsp3) is 0.455. The summed E-state index contributed by atoms with van der Waals surface area (Å²) >= 11 is 0. The molecule has 2 atom stereocenters. The number of hydrogen-bond donors (Lipinski definition) is 3. The van der Waals surface area contributed by atoms with Crippen molar-refractivity contribution in [2.75, 3.05) is 41.7 Å². The van der Waals surface area contributed by atoms with Gasteiger partial charge in [-0.15, -0.1) is 0 Å². The lowest BCUT2D eigenvalue weighted by Gasteiger charge is -2.19. The second-order valence-corrected chi connectivity index (χ2v) is 6.97. The topological polar surface area (TPSA) is 150 Å². The molecule has 11 nitrogen and oxygen atoms in total. The van der Waals surface area contributed by atoms with Gasteiger partial charge in [-0.3, -0.25) is 10.1 Å². The number of benzene rings is 2. The molecule has 0 spiro atoms. The zero-order valence-electron chi connectivity index (χ0n) is 18.9. The number of hydrogen-bond acceptors (Lipinski definition) is 10. The standard InChI is InChI=1S/C22H29NO10/c1-29-18-10-13(9-15(23(27)28)21(18)33-8-7-24)16(25)5-6-17(26)14-11-19(30-2)22(32-4)20(12-14)31-3/h9-12,16-17,24-26H,5-8H2,1-4H3. The molecule has 182 valence electrons. The van der Waals surface area contributed by atoms with E-state index in [1.54, 1.807) is 12.1 Å². The summed E-state index contributed by atoms with van der Waals surface area (Å²) in [5.74, 6) is 1.07. The molecule has 11 heteroatoms. The first-order valence-corrected chi connectivity index (χ1v) is 10.1. The molecule has 0 aromatic heterocycles. The van der Waals surface area contributed by atoms with Gasteiger partial charge in [-0.05, 0) is 42.2 Å². The molecule has 2 rings (SSSR count). The van der Waals surface area contributed by atoms with Crippen molar-refractivity contribution >= 4 is 5.69 Å². The van der Waals surface area contributed by atoms with Gasteiger partial charge in [0, 0.05) is 6.07 Å². The molecule has 0 saturated heterocycles. The van der Waals surface area contributed by atoms with E-state index in [2.05, 4.69) is 0 Å². The van der Waals surface area contributed by atoms with E-state index in [0.717, 1.165) is 0 Å². The van der Waals surface area contributed by atoms with Crippen LogP contribution in [0.1, 0.15) is 36.2 Å². The molecule has 0 heterocycles. The van der Waals surface area contributed by atoms with Crippen molar-refractivity contribution in [2.45, 2.75) is 25.0 Å². The summed E-state index contributed by atoms with van der Waals surface area (Å²) in [5, 5.41) is 41.8. The first-order valence-electron chi connectivity index (χ1n) is 10.1. The highest BCUT2D eigenvalue weighted by Gasteiger charge is 2.25. The van der Waals surface area contributed by atoms with Crippen molar-refractivity contribution in [3.63, 3.8) is 0 Å².